The van der Waals surface area contributed by atoms with Crippen LogP contribution in [0, 0.1) is 22.7 Å². The van der Waals surface area contributed by atoms with Gasteiger partial charge in [0.05, 0.1) is 12.1 Å². The molecule has 0 radical (unpaired) electrons. The van der Waals surface area contributed by atoms with Crippen LogP contribution >= 0.6 is 0 Å². The van der Waals surface area contributed by atoms with Gasteiger partial charge in [-0.3, -0.25) is 14.6 Å². The Morgan fingerprint density at radius 3 is 1.36 bits per heavy atom. The second kappa shape index (κ2) is 14.4. The summed E-state index contributed by atoms with van der Waals surface area (Å²) in [7, 11) is 7.57. The van der Waals surface area contributed by atoms with E-state index in [4.69, 9.17) is 0 Å². The molecule has 220 valence electrons. The summed E-state index contributed by atoms with van der Waals surface area (Å²) in [5, 5.41) is 19.7. The molecule has 5 nitrogen and oxygen atoms in total. The molecule has 5 heteroatoms. The van der Waals surface area contributed by atoms with Crippen molar-refractivity contribution in [3.8, 4) is 12.1 Å². The summed E-state index contributed by atoms with van der Waals surface area (Å²) in [6.07, 6.45) is 24.0. The molecule has 0 aromatic heterocycles. The number of nitrogens with zero attached hydrogens (tertiary/aromatic N) is 4. The summed E-state index contributed by atoms with van der Waals surface area (Å²) in [6.45, 7) is 0. The van der Waals surface area contributed by atoms with Crippen LogP contribution in [0.1, 0.15) is 24.0 Å². The van der Waals surface area contributed by atoms with Crippen LogP contribution in [0.2, 0.25) is 0 Å². The second-order valence-corrected chi connectivity index (χ2v) is 11.4. The zero-order chi connectivity index (χ0) is 31.6. The third-order valence-electron chi connectivity index (χ3n) is 8.06. The molecular weight excluding hydrogens is 540 g/mol. The Balaban J connectivity index is 1.76. The normalized spacial score (nSPS) is 22.3. The number of allylic oxidation sites excluding steroid dienone is 10. The molecule has 0 saturated heterocycles. The predicted molar refractivity (Wildman–Crippen MR) is 180 cm³/mol. The van der Waals surface area contributed by atoms with Crippen molar-refractivity contribution in [3.05, 3.63) is 155 Å². The average molecular weight is 579 g/mol. The standard InChI is InChI=1S/C39H38N4O/c1-42(2)38(29-40)23-19-33(20-24-38)27-35(17-15-31-11-7-5-8-12-31)37(44)36(18-16-32-13-9-6-10-14-32)28-34-21-25-39(30-41,26-22-34)43(3)4/h5-23,25,27-28H,24,26H2,1-4H3. The van der Waals surface area contributed by atoms with E-state index in [1.807, 2.05) is 172 Å². The summed E-state index contributed by atoms with van der Waals surface area (Å²) in [4.78, 5) is 18.2. The Morgan fingerprint density at radius 2 is 1.07 bits per heavy atom. The van der Waals surface area contributed by atoms with Crippen LogP contribution < -0.4 is 0 Å². The lowest BCUT2D eigenvalue weighted by molar-refractivity contribution is -0.111. The number of carbonyl (C=O) groups is 1. The minimum Gasteiger partial charge on any atom is -0.289 e. The zero-order valence-corrected chi connectivity index (χ0v) is 25.8. The van der Waals surface area contributed by atoms with E-state index >= 15 is 0 Å². The van der Waals surface area contributed by atoms with Gasteiger partial charge in [-0.25, -0.2) is 0 Å². The molecule has 0 bridgehead atoms. The van der Waals surface area contributed by atoms with Gasteiger partial charge < -0.3 is 0 Å². The number of nitriles is 2. The fourth-order valence-corrected chi connectivity index (χ4v) is 4.94. The van der Waals surface area contributed by atoms with Crippen molar-refractivity contribution in [2.24, 2.45) is 0 Å². The Morgan fingerprint density at radius 1 is 0.682 bits per heavy atom. The maximum atomic E-state index is 14.4. The molecule has 0 saturated carbocycles. The molecule has 0 fully saturated rings. The third-order valence-corrected chi connectivity index (χ3v) is 8.06. The van der Waals surface area contributed by atoms with Crippen LogP contribution in [0.5, 0.6) is 0 Å². The highest BCUT2D eigenvalue weighted by atomic mass is 16.1. The van der Waals surface area contributed by atoms with E-state index in [-0.39, 0.29) is 5.78 Å². The van der Waals surface area contributed by atoms with E-state index in [1.165, 1.54) is 0 Å². The molecule has 4 rings (SSSR count). The van der Waals surface area contributed by atoms with Gasteiger partial charge in [0.15, 0.2) is 5.78 Å². The van der Waals surface area contributed by atoms with Crippen molar-refractivity contribution in [3.63, 3.8) is 0 Å². The number of likely N-dealkylation sites (N-methyl/N-ethyl adjacent to an activating group) is 2. The largest absolute Gasteiger partial charge is 0.289 e. The van der Waals surface area contributed by atoms with Gasteiger partial charge in [0.1, 0.15) is 11.1 Å². The summed E-state index contributed by atoms with van der Waals surface area (Å²) in [5.74, 6) is -0.137. The van der Waals surface area contributed by atoms with Gasteiger partial charge in [0.2, 0.25) is 0 Å². The van der Waals surface area contributed by atoms with Crippen molar-refractivity contribution < 1.29 is 4.79 Å². The minimum atomic E-state index is -0.712. The van der Waals surface area contributed by atoms with Gasteiger partial charge in [-0.1, -0.05) is 109 Å². The van der Waals surface area contributed by atoms with Gasteiger partial charge in [-0.05, 0) is 74.8 Å². The molecule has 0 aliphatic heterocycles. The fraction of sp³-hybridized carbons (Fsp3) is 0.205. The predicted octanol–water partition coefficient (Wildman–Crippen LogP) is 7.26. The number of hydrogen-bond acceptors (Lipinski definition) is 5. The summed E-state index contributed by atoms with van der Waals surface area (Å²) in [6, 6.07) is 24.6. The molecule has 2 unspecified atom stereocenters. The van der Waals surface area contributed by atoms with E-state index < -0.39 is 11.1 Å². The van der Waals surface area contributed by atoms with Crippen LogP contribution in [0.3, 0.4) is 0 Å². The third kappa shape index (κ3) is 7.65. The maximum absolute atomic E-state index is 14.4. The first-order chi connectivity index (χ1) is 21.2. The van der Waals surface area contributed by atoms with Crippen LogP contribution in [0.15, 0.2) is 144 Å². The molecule has 0 amide bonds. The number of Topliss-reactive ketones (excluding diaryl/α,β-unsaturated/α-hetero) is 1. The number of ketones is 1. The summed E-state index contributed by atoms with van der Waals surface area (Å²) >= 11 is 0. The summed E-state index contributed by atoms with van der Waals surface area (Å²) < 4.78 is 0. The molecule has 2 aromatic rings. The second-order valence-electron chi connectivity index (χ2n) is 11.4. The summed E-state index contributed by atoms with van der Waals surface area (Å²) in [5.41, 5.74) is 3.31. The highest BCUT2D eigenvalue weighted by Gasteiger charge is 2.31. The molecule has 0 heterocycles. The monoisotopic (exact) mass is 578 g/mol. The average Bonchev–Trinajstić information content (AvgIpc) is 3.06. The first kappa shape index (κ1) is 31.9. The SMILES string of the molecule is CN(C)C1(C#N)C=CC(C=C(C=Cc2ccccc2)C(=O)C(C=Cc2ccccc2)=CC2=CCC(C#N)(N(C)C)C=C2)=CC1. The van der Waals surface area contributed by atoms with E-state index in [0.717, 1.165) is 22.3 Å². The number of carbonyl (C=O) groups excluding carboxylic acids is 1. The van der Waals surface area contributed by atoms with Gasteiger partial charge in [0, 0.05) is 24.0 Å². The molecule has 2 aliphatic rings. The molecule has 2 atom stereocenters. The van der Waals surface area contributed by atoms with Crippen LogP contribution in [-0.2, 0) is 4.79 Å². The number of benzene rings is 2. The van der Waals surface area contributed by atoms with Crippen LogP contribution in [0.4, 0.5) is 0 Å². The molecule has 0 spiro atoms. The van der Waals surface area contributed by atoms with Gasteiger partial charge in [-0.15, -0.1) is 0 Å². The van der Waals surface area contributed by atoms with E-state index in [2.05, 4.69) is 12.1 Å². The fourth-order valence-electron chi connectivity index (χ4n) is 4.94. The molecule has 2 aliphatic carbocycles. The van der Waals surface area contributed by atoms with Crippen molar-refractivity contribution >= 4 is 17.9 Å². The smallest absolute Gasteiger partial charge is 0.193 e. The lowest BCUT2D eigenvalue weighted by Gasteiger charge is -2.31. The first-order valence-electron chi connectivity index (χ1n) is 14.6. The van der Waals surface area contributed by atoms with Gasteiger partial charge in [0.25, 0.3) is 0 Å². The van der Waals surface area contributed by atoms with E-state index in [9.17, 15) is 15.3 Å². The van der Waals surface area contributed by atoms with Crippen LogP contribution in [0.25, 0.3) is 12.2 Å². The van der Waals surface area contributed by atoms with E-state index in [0.29, 0.717) is 24.0 Å². The lowest BCUT2D eigenvalue weighted by Crippen LogP contribution is -2.41. The Hall–Kier alpha value is -5.07. The first-order valence-corrected chi connectivity index (χ1v) is 14.6. The molecule has 44 heavy (non-hydrogen) atoms. The molecule has 0 N–H and O–H groups in total. The number of rotatable bonds is 10. The van der Waals surface area contributed by atoms with Crippen LogP contribution in [-0.4, -0.2) is 54.9 Å². The van der Waals surface area contributed by atoms with Gasteiger partial charge >= 0.3 is 0 Å². The van der Waals surface area contributed by atoms with E-state index in [1.54, 1.807) is 0 Å². The maximum Gasteiger partial charge on any atom is 0.193 e. The highest BCUT2D eigenvalue weighted by molar-refractivity contribution is 6.13. The number of hydrogen-bond donors (Lipinski definition) is 0. The van der Waals surface area contributed by atoms with Crippen molar-refractivity contribution in [2.75, 3.05) is 28.2 Å². The Kier molecular flexibility index (Phi) is 10.4. The van der Waals surface area contributed by atoms with Crippen molar-refractivity contribution in [1.82, 2.24) is 9.80 Å². The quantitative estimate of drug-likeness (QED) is 0.219. The minimum absolute atomic E-state index is 0.137. The highest BCUT2D eigenvalue weighted by Crippen LogP contribution is 2.29. The Labute approximate surface area is 261 Å². The van der Waals surface area contributed by atoms with Gasteiger partial charge in [-0.2, -0.15) is 10.5 Å². The lowest BCUT2D eigenvalue weighted by atomic mass is 9.87. The molecule has 2 aromatic carbocycles. The Bertz CT molecular complexity index is 1560. The van der Waals surface area contributed by atoms with Crippen molar-refractivity contribution in [1.29, 1.82) is 10.5 Å². The zero-order valence-electron chi connectivity index (χ0n) is 25.8. The molecular formula is C39H38N4O. The van der Waals surface area contributed by atoms with Crippen molar-refractivity contribution in [2.45, 2.75) is 23.9 Å². The topological polar surface area (TPSA) is 71.1 Å².